The molecule has 0 saturated heterocycles. The molecule has 47 heavy (non-hydrogen) atoms. The largest absolute Gasteiger partial charge is 0.481 e. The number of hydrogen-bond donors (Lipinski definition) is 5. The van der Waals surface area contributed by atoms with Crippen LogP contribution in [0.3, 0.4) is 0 Å². The minimum atomic E-state index is -4.27. The molecule has 252 valence electrons. The number of amides is 2. The molecule has 6 N–H and O–H groups in total. The summed E-state index contributed by atoms with van der Waals surface area (Å²) in [6, 6.07) is 13.1. The molecule has 14 heteroatoms. The fourth-order valence-electron chi connectivity index (χ4n) is 5.37. The Morgan fingerprint density at radius 3 is 2.02 bits per heavy atom. The highest BCUT2D eigenvalue weighted by Gasteiger charge is 2.34. The van der Waals surface area contributed by atoms with Crippen LogP contribution in [0.4, 0.5) is 5.69 Å². The van der Waals surface area contributed by atoms with Gasteiger partial charge in [-0.05, 0) is 72.7 Å². The third-order valence-electron chi connectivity index (χ3n) is 7.05. The van der Waals surface area contributed by atoms with Gasteiger partial charge in [0, 0.05) is 28.4 Å². The lowest BCUT2D eigenvalue weighted by molar-refractivity contribution is 0.0747. The van der Waals surface area contributed by atoms with Crippen molar-refractivity contribution in [2.24, 2.45) is 17.6 Å². The number of hydrogen-bond acceptors (Lipinski definition) is 10. The van der Waals surface area contributed by atoms with Crippen LogP contribution in [-0.4, -0.2) is 67.6 Å². The molecular weight excluding hydrogens is 626 g/mol. The molecule has 0 radical (unpaired) electrons. The van der Waals surface area contributed by atoms with Crippen LogP contribution in [0.5, 0.6) is 5.88 Å². The zero-order valence-electron chi connectivity index (χ0n) is 27.2. The second-order valence-corrected chi connectivity index (χ2v) is 13.7. The number of anilines is 1. The van der Waals surface area contributed by atoms with Crippen LogP contribution < -0.4 is 21.1 Å². The molecule has 1 heterocycles. The molecule has 2 amide bonds. The van der Waals surface area contributed by atoms with Crippen LogP contribution in [0.1, 0.15) is 77.3 Å². The van der Waals surface area contributed by atoms with Crippen LogP contribution >= 0.6 is 0 Å². The standard InChI is InChI=1S/C33H41N5O8S/c1-19(2)16-33(18-39,17-20(3)4)38-30(40)22-9-12-24(26(15-22)32(42)46-47(6,43)44)25-13-14-27(45-5)37-28(25)31(41)36-23-10-7-21(8-11-23)29(34)35/h7-15,19-20,39H,16-18H2,1-6H3,(H3,34,35)(H,36,41)(H,38,40). The smallest absolute Gasteiger partial charge is 0.354 e. The average Bonchev–Trinajstić information content (AvgIpc) is 2.99. The number of nitrogens with one attached hydrogen (secondary N) is 3. The highest BCUT2D eigenvalue weighted by Crippen LogP contribution is 2.32. The number of amidine groups is 1. The maximum absolute atomic E-state index is 13.6. The molecule has 3 aromatic rings. The van der Waals surface area contributed by atoms with Gasteiger partial charge in [0.1, 0.15) is 11.5 Å². The van der Waals surface area contributed by atoms with Gasteiger partial charge in [-0.2, -0.15) is 8.42 Å². The molecule has 1 aromatic heterocycles. The average molecular weight is 668 g/mol. The maximum atomic E-state index is 13.6. The van der Waals surface area contributed by atoms with Crippen molar-refractivity contribution in [2.45, 2.75) is 46.1 Å². The summed E-state index contributed by atoms with van der Waals surface area (Å²) in [5, 5.41) is 23.6. The van der Waals surface area contributed by atoms with Gasteiger partial charge >= 0.3 is 16.1 Å². The van der Waals surface area contributed by atoms with Crippen LogP contribution in [0.25, 0.3) is 11.1 Å². The summed E-state index contributed by atoms with van der Waals surface area (Å²) in [6.45, 7) is 7.58. The minimum absolute atomic E-state index is 0.00225. The number of nitrogens with zero attached hydrogens (tertiary/aromatic N) is 1. The first-order chi connectivity index (χ1) is 22.0. The van der Waals surface area contributed by atoms with Crippen molar-refractivity contribution in [1.29, 1.82) is 5.41 Å². The predicted molar refractivity (Wildman–Crippen MR) is 178 cm³/mol. The van der Waals surface area contributed by atoms with Crippen molar-refractivity contribution in [2.75, 3.05) is 25.3 Å². The molecule has 0 atom stereocenters. The molecule has 0 aliphatic heterocycles. The van der Waals surface area contributed by atoms with E-state index in [1.54, 1.807) is 24.3 Å². The number of rotatable bonds is 14. The lowest BCUT2D eigenvalue weighted by atomic mass is 9.82. The molecule has 0 saturated carbocycles. The Balaban J connectivity index is 2.14. The Bertz CT molecular complexity index is 1740. The highest BCUT2D eigenvalue weighted by molar-refractivity contribution is 7.86. The lowest BCUT2D eigenvalue weighted by Crippen LogP contribution is -2.53. The summed E-state index contributed by atoms with van der Waals surface area (Å²) in [5.74, 6) is -2.36. The van der Waals surface area contributed by atoms with E-state index in [1.807, 2.05) is 27.7 Å². The molecule has 3 rings (SSSR count). The number of pyridine rings is 1. The van der Waals surface area contributed by atoms with Gasteiger partial charge in [0.2, 0.25) is 5.88 Å². The number of benzene rings is 2. The molecular formula is C33H41N5O8S. The molecule has 13 nitrogen and oxygen atoms in total. The number of nitrogen functional groups attached to an aromatic ring is 1. The van der Waals surface area contributed by atoms with E-state index in [1.165, 1.54) is 37.4 Å². The summed E-state index contributed by atoms with van der Waals surface area (Å²) in [6.07, 6.45) is 1.68. The van der Waals surface area contributed by atoms with Crippen molar-refractivity contribution in [1.82, 2.24) is 10.3 Å². The minimum Gasteiger partial charge on any atom is -0.481 e. The van der Waals surface area contributed by atoms with E-state index in [2.05, 4.69) is 15.6 Å². The van der Waals surface area contributed by atoms with Gasteiger partial charge in [0.15, 0.2) is 0 Å². The Kier molecular flexibility index (Phi) is 11.8. The van der Waals surface area contributed by atoms with Gasteiger partial charge in [-0.25, -0.2) is 9.78 Å². The van der Waals surface area contributed by atoms with Gasteiger partial charge in [0.25, 0.3) is 11.8 Å². The number of nitrogens with two attached hydrogens (primary N) is 1. The first-order valence-corrected chi connectivity index (χ1v) is 16.6. The summed E-state index contributed by atoms with van der Waals surface area (Å²) < 4.78 is 33.9. The van der Waals surface area contributed by atoms with Gasteiger partial charge in [-0.3, -0.25) is 15.0 Å². The van der Waals surface area contributed by atoms with Crippen molar-refractivity contribution in [3.8, 4) is 17.0 Å². The topological polar surface area (TPSA) is 211 Å². The zero-order valence-corrected chi connectivity index (χ0v) is 28.0. The number of aliphatic hydroxyl groups is 1. The van der Waals surface area contributed by atoms with E-state index in [9.17, 15) is 27.9 Å². The number of aromatic nitrogens is 1. The number of carbonyl (C=O) groups is 3. The van der Waals surface area contributed by atoms with Gasteiger partial charge in [-0.15, -0.1) is 0 Å². The third-order valence-corrected chi connectivity index (χ3v) is 7.50. The zero-order chi connectivity index (χ0) is 35.1. The van der Waals surface area contributed by atoms with Gasteiger partial charge < -0.3 is 30.4 Å². The van der Waals surface area contributed by atoms with Crippen LogP contribution in [0, 0.1) is 17.2 Å². The Morgan fingerprint density at radius 1 is 0.936 bits per heavy atom. The van der Waals surface area contributed by atoms with Gasteiger partial charge in [0.05, 0.1) is 31.1 Å². The summed E-state index contributed by atoms with van der Waals surface area (Å²) in [4.78, 5) is 44.7. The Hall–Kier alpha value is -4.82. The predicted octanol–water partition coefficient (Wildman–Crippen LogP) is 3.96. The lowest BCUT2D eigenvalue weighted by Gasteiger charge is -2.36. The summed E-state index contributed by atoms with van der Waals surface area (Å²) in [5.41, 5.74) is 5.04. The van der Waals surface area contributed by atoms with Crippen LogP contribution in [-0.2, 0) is 14.3 Å². The number of carbonyl (C=O) groups excluding carboxylic acids is 3. The van der Waals surface area contributed by atoms with E-state index in [0.717, 1.165) is 0 Å². The normalized spacial score (nSPS) is 11.7. The molecule has 0 unspecified atom stereocenters. The molecule has 0 aliphatic rings. The molecule has 2 aromatic carbocycles. The highest BCUT2D eigenvalue weighted by atomic mass is 32.2. The SMILES string of the molecule is COc1ccc(-c2ccc(C(=O)NC(CO)(CC(C)C)CC(C)C)cc2C(=O)OS(C)(=O)=O)c(C(=O)Nc2ccc(C(=N)N)cc2)n1. The molecule has 0 aliphatic carbocycles. The third kappa shape index (κ3) is 9.83. The molecule has 0 spiro atoms. The number of ether oxygens (including phenoxy) is 1. The van der Waals surface area contributed by atoms with Crippen LogP contribution in [0.2, 0.25) is 0 Å². The fourth-order valence-corrected chi connectivity index (χ4v) is 5.74. The number of methoxy groups -OCH3 is 1. The first kappa shape index (κ1) is 36.6. The fraction of sp³-hybridized carbons (Fsp3) is 0.364. The second-order valence-electron chi connectivity index (χ2n) is 12.1. The van der Waals surface area contributed by atoms with E-state index in [4.69, 9.17) is 20.1 Å². The van der Waals surface area contributed by atoms with Crippen molar-refractivity contribution in [3.63, 3.8) is 0 Å². The summed E-state index contributed by atoms with van der Waals surface area (Å²) >= 11 is 0. The van der Waals surface area contributed by atoms with E-state index >= 15 is 0 Å². The molecule has 0 fully saturated rings. The second kappa shape index (κ2) is 15.2. The first-order valence-electron chi connectivity index (χ1n) is 14.8. The van der Waals surface area contributed by atoms with E-state index in [0.29, 0.717) is 30.3 Å². The van der Waals surface area contributed by atoms with E-state index < -0.39 is 33.4 Å². The van der Waals surface area contributed by atoms with Crippen molar-refractivity contribution >= 4 is 39.4 Å². The summed E-state index contributed by atoms with van der Waals surface area (Å²) in [7, 11) is -2.91. The van der Waals surface area contributed by atoms with Crippen molar-refractivity contribution < 1.29 is 36.8 Å². The van der Waals surface area contributed by atoms with E-state index in [-0.39, 0.29) is 58.1 Å². The Labute approximate surface area is 274 Å². The number of aliphatic hydroxyl groups excluding tert-OH is 1. The van der Waals surface area contributed by atoms with Crippen molar-refractivity contribution in [3.05, 3.63) is 77.0 Å². The monoisotopic (exact) mass is 667 g/mol. The maximum Gasteiger partial charge on any atom is 0.354 e. The Morgan fingerprint density at radius 2 is 1.51 bits per heavy atom. The van der Waals surface area contributed by atoms with Gasteiger partial charge in [-0.1, -0.05) is 33.8 Å². The van der Waals surface area contributed by atoms with Crippen LogP contribution in [0.15, 0.2) is 54.6 Å². The molecule has 0 bridgehead atoms. The quantitative estimate of drug-likeness (QED) is 0.0949.